The van der Waals surface area contributed by atoms with Crippen LogP contribution in [0.25, 0.3) is 5.65 Å². The van der Waals surface area contributed by atoms with Gasteiger partial charge < -0.3 is 19.4 Å². The molecule has 0 N–H and O–H groups in total. The van der Waals surface area contributed by atoms with Crippen molar-refractivity contribution in [2.75, 3.05) is 56.2 Å². The number of rotatable bonds is 8. The zero-order valence-corrected chi connectivity index (χ0v) is 19.1. The molecule has 32 heavy (non-hydrogen) atoms. The first-order valence-electron chi connectivity index (χ1n) is 11.3. The number of methoxy groups -OCH3 is 1. The number of amides is 1. The second-order valence-electron chi connectivity index (χ2n) is 7.82. The van der Waals surface area contributed by atoms with E-state index in [1.807, 2.05) is 29.2 Å². The Morgan fingerprint density at radius 1 is 1.00 bits per heavy atom. The number of ether oxygens (including phenoxy) is 1. The molecule has 0 saturated carbocycles. The van der Waals surface area contributed by atoms with Crippen LogP contribution in [-0.2, 0) is 11.2 Å². The van der Waals surface area contributed by atoms with Gasteiger partial charge in [0.05, 0.1) is 7.11 Å². The van der Waals surface area contributed by atoms with Gasteiger partial charge in [0, 0.05) is 57.8 Å². The molecule has 1 saturated heterocycles. The van der Waals surface area contributed by atoms with E-state index in [1.165, 1.54) is 0 Å². The summed E-state index contributed by atoms with van der Waals surface area (Å²) in [5, 5.41) is 13.2. The van der Waals surface area contributed by atoms with Gasteiger partial charge >= 0.3 is 0 Å². The van der Waals surface area contributed by atoms with Gasteiger partial charge in [0.1, 0.15) is 11.6 Å². The van der Waals surface area contributed by atoms with Crippen molar-refractivity contribution in [1.82, 2.24) is 24.7 Å². The SMILES string of the molecule is CCN(CC)c1ccc2nnc(CCC(=O)N3CCN(c4ccc(OC)cc4)CC3)n2n1. The molecule has 9 nitrogen and oxygen atoms in total. The molecule has 9 heteroatoms. The number of aromatic nitrogens is 4. The highest BCUT2D eigenvalue weighted by Crippen LogP contribution is 2.21. The summed E-state index contributed by atoms with van der Waals surface area (Å²) in [5.74, 6) is 2.61. The molecule has 3 heterocycles. The molecule has 1 aromatic carbocycles. The van der Waals surface area contributed by atoms with Gasteiger partial charge in [0.25, 0.3) is 0 Å². The molecular formula is C23H31N7O2. The molecule has 1 amide bonds. The first kappa shape index (κ1) is 21.9. The molecule has 1 aliphatic rings. The van der Waals surface area contributed by atoms with E-state index in [4.69, 9.17) is 9.84 Å². The predicted molar refractivity (Wildman–Crippen MR) is 124 cm³/mol. The number of anilines is 2. The van der Waals surface area contributed by atoms with Crippen molar-refractivity contribution in [3.05, 3.63) is 42.2 Å². The summed E-state index contributed by atoms with van der Waals surface area (Å²) >= 11 is 0. The minimum absolute atomic E-state index is 0.149. The second kappa shape index (κ2) is 9.84. The molecule has 170 valence electrons. The van der Waals surface area contributed by atoms with Gasteiger partial charge in [-0.05, 0) is 50.2 Å². The minimum atomic E-state index is 0.149. The highest BCUT2D eigenvalue weighted by atomic mass is 16.5. The second-order valence-corrected chi connectivity index (χ2v) is 7.82. The van der Waals surface area contributed by atoms with Crippen LogP contribution < -0.4 is 14.5 Å². The smallest absolute Gasteiger partial charge is 0.223 e. The summed E-state index contributed by atoms with van der Waals surface area (Å²) in [6.45, 7) is 9.05. The maximum atomic E-state index is 12.8. The van der Waals surface area contributed by atoms with Crippen LogP contribution >= 0.6 is 0 Å². The van der Waals surface area contributed by atoms with Gasteiger partial charge in [-0.3, -0.25) is 4.79 Å². The van der Waals surface area contributed by atoms with Crippen LogP contribution in [-0.4, -0.2) is 77.0 Å². The van der Waals surface area contributed by atoms with Gasteiger partial charge in [-0.25, -0.2) is 0 Å². The van der Waals surface area contributed by atoms with Crippen LogP contribution in [0.15, 0.2) is 36.4 Å². The molecule has 4 rings (SSSR count). The van der Waals surface area contributed by atoms with Crippen molar-refractivity contribution >= 4 is 23.1 Å². The minimum Gasteiger partial charge on any atom is -0.497 e. The quantitative estimate of drug-likeness (QED) is 0.535. The molecule has 3 aromatic rings. The Morgan fingerprint density at radius 3 is 2.38 bits per heavy atom. The van der Waals surface area contributed by atoms with E-state index in [-0.39, 0.29) is 5.91 Å². The van der Waals surface area contributed by atoms with E-state index in [9.17, 15) is 4.79 Å². The topological polar surface area (TPSA) is 79.1 Å². The first-order chi connectivity index (χ1) is 15.6. The zero-order chi connectivity index (χ0) is 22.5. The fraction of sp³-hybridized carbons (Fsp3) is 0.478. The number of fused-ring (bicyclic) bond motifs is 1. The van der Waals surface area contributed by atoms with Crippen molar-refractivity contribution in [2.24, 2.45) is 0 Å². The third kappa shape index (κ3) is 4.61. The van der Waals surface area contributed by atoms with Gasteiger partial charge in [-0.2, -0.15) is 4.52 Å². The van der Waals surface area contributed by atoms with E-state index in [2.05, 4.69) is 46.0 Å². The van der Waals surface area contributed by atoms with Crippen LogP contribution in [0.1, 0.15) is 26.1 Å². The summed E-state index contributed by atoms with van der Waals surface area (Å²) in [5.41, 5.74) is 1.86. The summed E-state index contributed by atoms with van der Waals surface area (Å²) in [4.78, 5) is 19.2. The fourth-order valence-electron chi connectivity index (χ4n) is 4.08. The highest BCUT2D eigenvalue weighted by molar-refractivity contribution is 5.76. The lowest BCUT2D eigenvalue weighted by molar-refractivity contribution is -0.131. The molecule has 0 aliphatic carbocycles. The normalized spacial score (nSPS) is 14.1. The Labute approximate surface area is 188 Å². The van der Waals surface area contributed by atoms with Crippen LogP contribution in [0.4, 0.5) is 11.5 Å². The molecule has 1 aliphatic heterocycles. The van der Waals surface area contributed by atoms with Crippen LogP contribution in [0.3, 0.4) is 0 Å². The van der Waals surface area contributed by atoms with E-state index >= 15 is 0 Å². The number of hydrogen-bond acceptors (Lipinski definition) is 7. The molecular weight excluding hydrogens is 406 g/mol. The Balaban J connectivity index is 1.34. The Kier molecular flexibility index (Phi) is 6.72. The standard InChI is InChI=1S/C23H31N7O2/c1-4-27(5-2)22-11-10-20-24-25-21(30(20)26-22)12-13-23(31)29-16-14-28(15-17-29)18-6-8-19(32-3)9-7-18/h6-11H,4-5,12-17H2,1-3H3. The van der Waals surface area contributed by atoms with E-state index in [0.717, 1.165) is 62.3 Å². The van der Waals surface area contributed by atoms with Crippen molar-refractivity contribution in [3.8, 4) is 5.75 Å². The number of carbonyl (C=O) groups is 1. The fourth-order valence-corrected chi connectivity index (χ4v) is 4.08. The summed E-state index contributed by atoms with van der Waals surface area (Å²) < 4.78 is 7.00. The number of carbonyl (C=O) groups excluding carboxylic acids is 1. The maximum Gasteiger partial charge on any atom is 0.223 e. The molecule has 0 spiro atoms. The molecule has 1 fully saturated rings. The monoisotopic (exact) mass is 437 g/mol. The largest absolute Gasteiger partial charge is 0.497 e. The Bertz CT molecular complexity index is 1040. The average Bonchev–Trinajstić information content (AvgIpc) is 3.26. The summed E-state index contributed by atoms with van der Waals surface area (Å²) in [6, 6.07) is 12.0. The molecule has 0 unspecified atom stereocenters. The number of nitrogens with zero attached hydrogens (tertiary/aromatic N) is 7. The van der Waals surface area contributed by atoms with Crippen LogP contribution in [0, 0.1) is 0 Å². The molecule has 2 aromatic heterocycles. The predicted octanol–water partition coefficient (Wildman–Crippen LogP) is 2.26. The number of piperazine rings is 1. The summed E-state index contributed by atoms with van der Waals surface area (Å²) in [7, 11) is 1.67. The van der Waals surface area contributed by atoms with Gasteiger partial charge in [0.2, 0.25) is 5.91 Å². The lowest BCUT2D eigenvalue weighted by atomic mass is 10.2. The van der Waals surface area contributed by atoms with E-state index < -0.39 is 0 Å². The Morgan fingerprint density at radius 2 is 1.72 bits per heavy atom. The van der Waals surface area contributed by atoms with Crippen LogP contribution in [0.5, 0.6) is 5.75 Å². The third-order valence-electron chi connectivity index (χ3n) is 6.03. The molecule has 0 atom stereocenters. The third-order valence-corrected chi connectivity index (χ3v) is 6.03. The maximum absolute atomic E-state index is 12.8. The van der Waals surface area contributed by atoms with Crippen molar-refractivity contribution in [1.29, 1.82) is 0 Å². The van der Waals surface area contributed by atoms with E-state index in [1.54, 1.807) is 11.6 Å². The number of hydrogen-bond donors (Lipinski definition) is 0. The van der Waals surface area contributed by atoms with Crippen molar-refractivity contribution in [2.45, 2.75) is 26.7 Å². The highest BCUT2D eigenvalue weighted by Gasteiger charge is 2.22. The average molecular weight is 438 g/mol. The zero-order valence-electron chi connectivity index (χ0n) is 19.1. The van der Waals surface area contributed by atoms with Gasteiger partial charge in [0.15, 0.2) is 11.5 Å². The number of benzene rings is 1. The van der Waals surface area contributed by atoms with Gasteiger partial charge in [-0.1, -0.05) is 0 Å². The van der Waals surface area contributed by atoms with Gasteiger partial charge in [-0.15, -0.1) is 15.3 Å². The van der Waals surface area contributed by atoms with E-state index in [0.29, 0.717) is 18.5 Å². The first-order valence-corrected chi connectivity index (χ1v) is 11.3. The number of aryl methyl sites for hydroxylation is 1. The molecule has 0 bridgehead atoms. The Hall–Kier alpha value is -3.36. The van der Waals surface area contributed by atoms with Crippen molar-refractivity contribution < 1.29 is 9.53 Å². The lowest BCUT2D eigenvalue weighted by Crippen LogP contribution is -2.48. The molecule has 0 radical (unpaired) electrons. The summed E-state index contributed by atoms with van der Waals surface area (Å²) in [6.07, 6.45) is 0.925. The lowest BCUT2D eigenvalue weighted by Gasteiger charge is -2.36. The van der Waals surface area contributed by atoms with Crippen molar-refractivity contribution in [3.63, 3.8) is 0 Å². The van der Waals surface area contributed by atoms with Crippen LogP contribution in [0.2, 0.25) is 0 Å².